The van der Waals surface area contributed by atoms with Gasteiger partial charge in [0.05, 0.1) is 5.56 Å². The lowest BCUT2D eigenvalue weighted by Crippen LogP contribution is -2.28. The van der Waals surface area contributed by atoms with Gasteiger partial charge in [-0.1, -0.05) is 24.3 Å². The van der Waals surface area contributed by atoms with Crippen LogP contribution < -0.4 is 14.8 Å². The summed E-state index contributed by atoms with van der Waals surface area (Å²) in [6, 6.07) is 14.4. The van der Waals surface area contributed by atoms with Crippen LogP contribution in [0, 0.1) is 11.3 Å². The predicted octanol–water partition coefficient (Wildman–Crippen LogP) is 3.19. The summed E-state index contributed by atoms with van der Waals surface area (Å²) in [4.78, 5) is 11.8. The van der Waals surface area contributed by atoms with Crippen LogP contribution in [0.2, 0.25) is 0 Å². The van der Waals surface area contributed by atoms with E-state index in [0.717, 1.165) is 0 Å². The molecule has 0 aromatic heterocycles. The third-order valence-corrected chi connectivity index (χ3v) is 3.18. The van der Waals surface area contributed by atoms with Crippen LogP contribution >= 0.6 is 0 Å². The molecule has 0 heterocycles. The lowest BCUT2D eigenvalue weighted by molar-refractivity contribution is -0.153. The molecule has 0 saturated heterocycles. The molecule has 2 aromatic carbocycles. The molecule has 1 amide bonds. The zero-order chi connectivity index (χ0) is 19.0. The maximum atomic E-state index is 12.1. The fraction of sp³-hybridized carbons (Fsp3) is 0.222. The van der Waals surface area contributed by atoms with Crippen molar-refractivity contribution < 1.29 is 27.4 Å². The number of hydrogen-bond acceptors (Lipinski definition) is 4. The van der Waals surface area contributed by atoms with E-state index in [-0.39, 0.29) is 18.9 Å². The summed E-state index contributed by atoms with van der Waals surface area (Å²) in [7, 11) is 0. The number of nitrogens with zero attached hydrogens (tertiary/aromatic N) is 1. The number of alkyl halides is 3. The van der Waals surface area contributed by atoms with E-state index in [1.165, 1.54) is 12.1 Å². The highest BCUT2D eigenvalue weighted by Gasteiger charge is 2.28. The highest BCUT2D eigenvalue weighted by Crippen LogP contribution is 2.19. The Morgan fingerprint density at radius 2 is 1.77 bits per heavy atom. The van der Waals surface area contributed by atoms with Gasteiger partial charge in [0, 0.05) is 6.54 Å². The number of hydrogen-bond donors (Lipinski definition) is 1. The standard InChI is InChI=1S/C18H15F3N2O3/c19-18(20,21)12-26-15-7-5-13(6-8-15)10-23-17(24)11-25-16-4-2-1-3-14(16)9-22/h1-8H,10-12H2,(H,23,24). The molecule has 0 aliphatic heterocycles. The van der Waals surface area contributed by atoms with E-state index in [4.69, 9.17) is 10.00 Å². The summed E-state index contributed by atoms with van der Waals surface area (Å²) < 4.78 is 46.1. The van der Waals surface area contributed by atoms with Crippen molar-refractivity contribution in [3.8, 4) is 17.6 Å². The number of halogens is 3. The minimum atomic E-state index is -4.39. The molecule has 0 radical (unpaired) electrons. The van der Waals surface area contributed by atoms with Gasteiger partial charge in [0.2, 0.25) is 0 Å². The molecule has 0 atom stereocenters. The lowest BCUT2D eigenvalue weighted by Gasteiger charge is -2.10. The fourth-order valence-electron chi connectivity index (χ4n) is 1.95. The molecule has 1 N–H and O–H groups in total. The van der Waals surface area contributed by atoms with Crippen molar-refractivity contribution in [1.82, 2.24) is 5.32 Å². The highest BCUT2D eigenvalue weighted by atomic mass is 19.4. The second-order valence-corrected chi connectivity index (χ2v) is 5.22. The average molecular weight is 364 g/mol. The SMILES string of the molecule is N#Cc1ccccc1OCC(=O)NCc1ccc(OCC(F)(F)F)cc1. The van der Waals surface area contributed by atoms with Gasteiger partial charge in [0.25, 0.3) is 5.91 Å². The van der Waals surface area contributed by atoms with Crippen molar-refractivity contribution in [2.75, 3.05) is 13.2 Å². The van der Waals surface area contributed by atoms with E-state index in [0.29, 0.717) is 16.9 Å². The molecular formula is C18H15F3N2O3. The maximum Gasteiger partial charge on any atom is 0.422 e. The van der Waals surface area contributed by atoms with Gasteiger partial charge in [0.15, 0.2) is 13.2 Å². The van der Waals surface area contributed by atoms with Crippen LogP contribution in [-0.4, -0.2) is 25.3 Å². The molecule has 0 unspecified atom stereocenters. The number of carbonyl (C=O) groups excluding carboxylic acids is 1. The molecule has 0 bridgehead atoms. The number of ether oxygens (including phenoxy) is 2. The van der Waals surface area contributed by atoms with E-state index in [9.17, 15) is 18.0 Å². The number of nitriles is 1. The van der Waals surface area contributed by atoms with Crippen molar-refractivity contribution >= 4 is 5.91 Å². The second kappa shape index (κ2) is 8.76. The van der Waals surface area contributed by atoms with Crippen LogP contribution in [0.5, 0.6) is 11.5 Å². The maximum absolute atomic E-state index is 12.1. The minimum Gasteiger partial charge on any atom is -0.484 e. The smallest absolute Gasteiger partial charge is 0.422 e. The van der Waals surface area contributed by atoms with Gasteiger partial charge in [-0.15, -0.1) is 0 Å². The first-order valence-corrected chi connectivity index (χ1v) is 7.54. The molecule has 26 heavy (non-hydrogen) atoms. The lowest BCUT2D eigenvalue weighted by atomic mass is 10.2. The fourth-order valence-corrected chi connectivity index (χ4v) is 1.95. The zero-order valence-corrected chi connectivity index (χ0v) is 13.5. The van der Waals surface area contributed by atoms with Crippen molar-refractivity contribution in [3.63, 3.8) is 0 Å². The first-order chi connectivity index (χ1) is 12.4. The van der Waals surface area contributed by atoms with E-state index in [1.807, 2.05) is 6.07 Å². The Hall–Kier alpha value is -3.21. The number of para-hydroxylation sites is 1. The summed E-state index contributed by atoms with van der Waals surface area (Å²) >= 11 is 0. The third-order valence-electron chi connectivity index (χ3n) is 3.18. The Bertz CT molecular complexity index is 784. The molecule has 0 fully saturated rings. The molecular weight excluding hydrogens is 349 g/mol. The van der Waals surface area contributed by atoms with Crippen molar-refractivity contribution in [2.24, 2.45) is 0 Å². The summed E-state index contributed by atoms with van der Waals surface area (Å²) in [6.45, 7) is -1.43. The van der Waals surface area contributed by atoms with Crippen LogP contribution in [0.15, 0.2) is 48.5 Å². The summed E-state index contributed by atoms with van der Waals surface area (Å²) in [5.74, 6) is 0.0142. The quantitative estimate of drug-likeness (QED) is 0.819. The van der Waals surface area contributed by atoms with E-state index >= 15 is 0 Å². The Morgan fingerprint density at radius 3 is 2.42 bits per heavy atom. The van der Waals surface area contributed by atoms with Crippen molar-refractivity contribution in [2.45, 2.75) is 12.7 Å². The minimum absolute atomic E-state index is 0.0915. The number of amides is 1. The number of nitrogens with one attached hydrogen (secondary N) is 1. The summed E-state index contributed by atoms with van der Waals surface area (Å²) in [5.41, 5.74) is 1.02. The van der Waals surface area contributed by atoms with Crippen LogP contribution in [0.25, 0.3) is 0 Å². The molecule has 2 aromatic rings. The van der Waals surface area contributed by atoms with Gasteiger partial charge in [-0.3, -0.25) is 4.79 Å². The Morgan fingerprint density at radius 1 is 1.08 bits per heavy atom. The normalized spacial score (nSPS) is 10.7. The Balaban J connectivity index is 1.77. The van der Waals surface area contributed by atoms with Crippen LogP contribution in [0.4, 0.5) is 13.2 Å². The van der Waals surface area contributed by atoms with Gasteiger partial charge in [-0.05, 0) is 29.8 Å². The van der Waals surface area contributed by atoms with Gasteiger partial charge in [0.1, 0.15) is 17.6 Å². The largest absolute Gasteiger partial charge is 0.484 e. The first-order valence-electron chi connectivity index (χ1n) is 7.54. The summed E-state index contributed by atoms with van der Waals surface area (Å²) in [5, 5.41) is 11.6. The first kappa shape index (κ1) is 19.1. The van der Waals surface area contributed by atoms with Crippen molar-refractivity contribution in [1.29, 1.82) is 5.26 Å². The van der Waals surface area contributed by atoms with E-state index in [1.54, 1.807) is 36.4 Å². The third kappa shape index (κ3) is 6.36. The molecule has 0 aliphatic carbocycles. The number of rotatable bonds is 7. The monoisotopic (exact) mass is 364 g/mol. The van der Waals surface area contributed by atoms with E-state index < -0.39 is 18.7 Å². The molecule has 2 rings (SSSR count). The number of carbonyl (C=O) groups is 1. The van der Waals surface area contributed by atoms with Crippen molar-refractivity contribution in [3.05, 3.63) is 59.7 Å². The predicted molar refractivity (Wildman–Crippen MR) is 86.5 cm³/mol. The average Bonchev–Trinajstić information content (AvgIpc) is 2.63. The molecule has 136 valence electrons. The van der Waals surface area contributed by atoms with Gasteiger partial charge >= 0.3 is 6.18 Å². The topological polar surface area (TPSA) is 71.3 Å². The van der Waals surface area contributed by atoms with Crippen LogP contribution in [0.3, 0.4) is 0 Å². The molecule has 0 spiro atoms. The second-order valence-electron chi connectivity index (χ2n) is 5.22. The van der Waals surface area contributed by atoms with Gasteiger partial charge in [-0.2, -0.15) is 18.4 Å². The van der Waals surface area contributed by atoms with E-state index in [2.05, 4.69) is 10.1 Å². The molecule has 0 saturated carbocycles. The highest BCUT2D eigenvalue weighted by molar-refractivity contribution is 5.77. The van der Waals surface area contributed by atoms with Crippen LogP contribution in [-0.2, 0) is 11.3 Å². The summed E-state index contributed by atoms with van der Waals surface area (Å²) in [6.07, 6.45) is -4.39. The van der Waals surface area contributed by atoms with Gasteiger partial charge in [-0.25, -0.2) is 0 Å². The Labute approximate surface area is 148 Å². The molecule has 8 heteroatoms. The van der Waals surface area contributed by atoms with Crippen LogP contribution in [0.1, 0.15) is 11.1 Å². The Kier molecular flexibility index (Phi) is 6.44. The molecule has 5 nitrogen and oxygen atoms in total. The number of benzene rings is 2. The molecule has 0 aliphatic rings. The zero-order valence-electron chi connectivity index (χ0n) is 13.5. The van der Waals surface area contributed by atoms with Gasteiger partial charge < -0.3 is 14.8 Å².